The fourth-order valence-electron chi connectivity index (χ4n) is 2.09. The predicted molar refractivity (Wildman–Crippen MR) is 63.9 cm³/mol. The topological polar surface area (TPSA) is 29.3 Å². The van der Waals surface area contributed by atoms with Crippen LogP contribution in [0.15, 0.2) is 18.2 Å². The highest BCUT2D eigenvalue weighted by Gasteiger charge is 2.14. The number of hydrogen-bond acceptors (Lipinski definition) is 2. The molecule has 1 aliphatic heterocycles. The Balaban J connectivity index is 2.13. The van der Waals surface area contributed by atoms with Gasteiger partial charge >= 0.3 is 0 Å². The van der Waals surface area contributed by atoms with Crippen LogP contribution in [0.4, 0.5) is 0 Å². The Morgan fingerprint density at radius 2 is 1.87 bits per heavy atom. The molecule has 1 saturated heterocycles. The maximum Gasteiger partial charge on any atom is 0.0495 e. The molecule has 1 heterocycles. The van der Waals surface area contributed by atoms with Crippen molar-refractivity contribution in [3.05, 3.63) is 34.3 Å². The summed E-state index contributed by atoms with van der Waals surface area (Å²) >= 11 is 6.28. The summed E-state index contributed by atoms with van der Waals surface area (Å²) in [5.74, 6) is 0. The van der Waals surface area contributed by atoms with E-state index in [1.54, 1.807) is 0 Å². The van der Waals surface area contributed by atoms with E-state index in [2.05, 4.69) is 11.0 Å². The quantitative estimate of drug-likeness (QED) is 0.855. The Kier molecular flexibility index (Phi) is 3.62. The Labute approximate surface area is 96.0 Å². The summed E-state index contributed by atoms with van der Waals surface area (Å²) in [6.45, 7) is 3.88. The molecule has 2 N–H and O–H groups in total. The van der Waals surface area contributed by atoms with Crippen molar-refractivity contribution in [1.82, 2.24) is 4.90 Å². The Hall–Kier alpha value is -0.570. The molecular formula is C12H17ClN2. The molecule has 1 aromatic rings. The van der Waals surface area contributed by atoms with Crippen molar-refractivity contribution in [2.24, 2.45) is 5.73 Å². The van der Waals surface area contributed by atoms with Crippen molar-refractivity contribution in [2.75, 3.05) is 13.1 Å². The zero-order chi connectivity index (χ0) is 10.7. The van der Waals surface area contributed by atoms with Gasteiger partial charge in [0.25, 0.3) is 0 Å². The molecule has 0 atom stereocenters. The Morgan fingerprint density at radius 3 is 2.53 bits per heavy atom. The van der Waals surface area contributed by atoms with Crippen molar-refractivity contribution in [1.29, 1.82) is 0 Å². The van der Waals surface area contributed by atoms with E-state index >= 15 is 0 Å². The molecule has 1 aliphatic rings. The van der Waals surface area contributed by atoms with Crippen LogP contribution in [0.3, 0.4) is 0 Å². The molecule has 0 amide bonds. The number of likely N-dealkylation sites (tertiary alicyclic amines) is 1. The van der Waals surface area contributed by atoms with Gasteiger partial charge in [-0.15, -0.1) is 0 Å². The van der Waals surface area contributed by atoms with Gasteiger partial charge < -0.3 is 5.73 Å². The summed E-state index contributed by atoms with van der Waals surface area (Å²) in [6.07, 6.45) is 2.63. The summed E-state index contributed by atoms with van der Waals surface area (Å²) in [4.78, 5) is 2.45. The average molecular weight is 225 g/mol. The van der Waals surface area contributed by atoms with Gasteiger partial charge in [-0.25, -0.2) is 0 Å². The van der Waals surface area contributed by atoms with Gasteiger partial charge in [0, 0.05) is 18.1 Å². The standard InChI is InChI=1S/C12H17ClN2/c13-12-10(8-14)4-3-5-11(12)9-15-6-1-2-7-15/h3-5H,1-2,6-9,14H2. The van der Waals surface area contributed by atoms with Gasteiger partial charge in [-0.1, -0.05) is 29.8 Å². The predicted octanol–water partition coefficient (Wildman–Crippen LogP) is 2.39. The van der Waals surface area contributed by atoms with Gasteiger partial charge in [0.1, 0.15) is 0 Å². The van der Waals surface area contributed by atoms with Crippen LogP contribution in [-0.4, -0.2) is 18.0 Å². The lowest BCUT2D eigenvalue weighted by Gasteiger charge is -2.16. The zero-order valence-corrected chi connectivity index (χ0v) is 9.63. The minimum absolute atomic E-state index is 0.521. The molecule has 0 bridgehead atoms. The average Bonchev–Trinajstić information content (AvgIpc) is 2.74. The van der Waals surface area contributed by atoms with E-state index in [9.17, 15) is 0 Å². The third kappa shape index (κ3) is 2.51. The van der Waals surface area contributed by atoms with Crippen molar-refractivity contribution >= 4 is 11.6 Å². The maximum atomic E-state index is 6.28. The first-order valence-electron chi connectivity index (χ1n) is 5.50. The molecule has 0 saturated carbocycles. The molecule has 0 unspecified atom stereocenters. The number of nitrogens with two attached hydrogens (primary N) is 1. The number of halogens is 1. The van der Waals surface area contributed by atoms with E-state index in [0.29, 0.717) is 6.54 Å². The molecule has 15 heavy (non-hydrogen) atoms. The maximum absolute atomic E-state index is 6.28. The van der Waals surface area contributed by atoms with Gasteiger partial charge in [-0.2, -0.15) is 0 Å². The first-order chi connectivity index (χ1) is 7.31. The third-order valence-electron chi connectivity index (χ3n) is 2.97. The van der Waals surface area contributed by atoms with Crippen LogP contribution in [-0.2, 0) is 13.1 Å². The molecule has 3 heteroatoms. The summed E-state index contributed by atoms with van der Waals surface area (Å²) in [7, 11) is 0. The molecule has 82 valence electrons. The highest BCUT2D eigenvalue weighted by molar-refractivity contribution is 6.32. The molecule has 2 rings (SSSR count). The Morgan fingerprint density at radius 1 is 1.20 bits per heavy atom. The second-order valence-corrected chi connectivity index (χ2v) is 4.46. The highest BCUT2D eigenvalue weighted by atomic mass is 35.5. The van der Waals surface area contributed by atoms with Crippen molar-refractivity contribution in [2.45, 2.75) is 25.9 Å². The SMILES string of the molecule is NCc1cccc(CN2CCCC2)c1Cl. The van der Waals surface area contributed by atoms with E-state index in [1.807, 2.05) is 12.1 Å². The van der Waals surface area contributed by atoms with Crippen LogP contribution in [0.25, 0.3) is 0 Å². The van der Waals surface area contributed by atoms with Crippen molar-refractivity contribution < 1.29 is 0 Å². The van der Waals surface area contributed by atoms with E-state index < -0.39 is 0 Å². The highest BCUT2D eigenvalue weighted by Crippen LogP contribution is 2.23. The Bertz CT molecular complexity index is 332. The lowest BCUT2D eigenvalue weighted by atomic mass is 10.1. The van der Waals surface area contributed by atoms with E-state index in [0.717, 1.165) is 17.1 Å². The van der Waals surface area contributed by atoms with Crippen LogP contribution in [0.5, 0.6) is 0 Å². The second kappa shape index (κ2) is 4.97. The fourth-order valence-corrected chi connectivity index (χ4v) is 2.36. The first-order valence-corrected chi connectivity index (χ1v) is 5.88. The van der Waals surface area contributed by atoms with Gasteiger partial charge in [-0.3, -0.25) is 4.90 Å². The summed E-state index contributed by atoms with van der Waals surface area (Å²) in [5.41, 5.74) is 7.89. The van der Waals surface area contributed by atoms with Gasteiger partial charge in [0.15, 0.2) is 0 Å². The minimum Gasteiger partial charge on any atom is -0.326 e. The molecule has 1 aromatic carbocycles. The molecule has 1 fully saturated rings. The largest absolute Gasteiger partial charge is 0.326 e. The van der Waals surface area contributed by atoms with Crippen LogP contribution in [0.2, 0.25) is 5.02 Å². The molecular weight excluding hydrogens is 208 g/mol. The van der Waals surface area contributed by atoms with E-state index in [1.165, 1.54) is 31.5 Å². The van der Waals surface area contributed by atoms with Gasteiger partial charge in [0.2, 0.25) is 0 Å². The van der Waals surface area contributed by atoms with Crippen LogP contribution >= 0.6 is 11.6 Å². The van der Waals surface area contributed by atoms with Gasteiger partial charge in [0.05, 0.1) is 0 Å². The molecule has 0 radical (unpaired) electrons. The van der Waals surface area contributed by atoms with Crippen LogP contribution in [0.1, 0.15) is 24.0 Å². The molecule has 0 spiro atoms. The first kappa shape index (κ1) is 10.9. The number of rotatable bonds is 3. The molecule has 2 nitrogen and oxygen atoms in total. The number of benzene rings is 1. The normalized spacial score (nSPS) is 17.2. The number of nitrogens with zero attached hydrogens (tertiary/aromatic N) is 1. The van der Waals surface area contributed by atoms with E-state index in [4.69, 9.17) is 17.3 Å². The fraction of sp³-hybridized carbons (Fsp3) is 0.500. The summed E-state index contributed by atoms with van der Waals surface area (Å²) in [5, 5.41) is 0.854. The molecule has 0 aliphatic carbocycles. The van der Waals surface area contributed by atoms with Crippen molar-refractivity contribution in [3.63, 3.8) is 0 Å². The molecule has 0 aromatic heterocycles. The second-order valence-electron chi connectivity index (χ2n) is 4.08. The van der Waals surface area contributed by atoms with Crippen molar-refractivity contribution in [3.8, 4) is 0 Å². The number of hydrogen-bond donors (Lipinski definition) is 1. The monoisotopic (exact) mass is 224 g/mol. The summed E-state index contributed by atoms with van der Waals surface area (Å²) < 4.78 is 0. The van der Waals surface area contributed by atoms with Gasteiger partial charge in [-0.05, 0) is 37.1 Å². The lowest BCUT2D eigenvalue weighted by molar-refractivity contribution is 0.331. The third-order valence-corrected chi connectivity index (χ3v) is 3.46. The smallest absolute Gasteiger partial charge is 0.0495 e. The van der Waals surface area contributed by atoms with E-state index in [-0.39, 0.29) is 0 Å². The summed E-state index contributed by atoms with van der Waals surface area (Å²) in [6, 6.07) is 6.13. The van der Waals surface area contributed by atoms with Crippen LogP contribution < -0.4 is 5.73 Å². The zero-order valence-electron chi connectivity index (χ0n) is 8.88. The minimum atomic E-state index is 0.521. The lowest BCUT2D eigenvalue weighted by Crippen LogP contribution is -2.18. The van der Waals surface area contributed by atoms with Crippen LogP contribution in [0, 0.1) is 0 Å².